The molecule has 0 aliphatic heterocycles. The topological polar surface area (TPSA) is 46.8 Å². The lowest BCUT2D eigenvalue weighted by atomic mass is 10.2. The largest absolute Gasteiger partial charge is 0.375 e. The molecule has 2 heterocycles. The van der Waals surface area contributed by atoms with E-state index in [4.69, 9.17) is 4.74 Å². The van der Waals surface area contributed by atoms with Crippen LogP contribution in [0.2, 0.25) is 0 Å². The van der Waals surface area contributed by atoms with Crippen LogP contribution in [0, 0.1) is 0 Å². The SMILES string of the molecule is CCc1nn2ccccc2c1N(CCF)C(=O)COC. The number of carbonyl (C=O) groups excluding carboxylic acids is 1. The Kier molecular flexibility index (Phi) is 4.68. The maximum Gasteiger partial charge on any atom is 0.253 e. The van der Waals surface area contributed by atoms with E-state index in [2.05, 4.69) is 5.10 Å². The second-order valence-corrected chi connectivity index (χ2v) is 4.35. The molecule has 0 N–H and O–H groups in total. The van der Waals surface area contributed by atoms with Gasteiger partial charge in [-0.05, 0) is 18.6 Å². The van der Waals surface area contributed by atoms with Crippen molar-refractivity contribution in [3.63, 3.8) is 0 Å². The number of halogens is 1. The number of hydrogen-bond acceptors (Lipinski definition) is 3. The third kappa shape index (κ3) is 2.65. The molecule has 0 bridgehead atoms. The van der Waals surface area contributed by atoms with Crippen LogP contribution in [0.25, 0.3) is 5.52 Å². The minimum Gasteiger partial charge on any atom is -0.375 e. The summed E-state index contributed by atoms with van der Waals surface area (Å²) in [6.07, 6.45) is 2.48. The number of rotatable bonds is 6. The molecule has 5 nitrogen and oxygen atoms in total. The maximum absolute atomic E-state index is 12.8. The average molecular weight is 279 g/mol. The second-order valence-electron chi connectivity index (χ2n) is 4.35. The van der Waals surface area contributed by atoms with Crippen LogP contribution in [0.3, 0.4) is 0 Å². The number of carbonyl (C=O) groups is 1. The van der Waals surface area contributed by atoms with Crippen LogP contribution in [-0.4, -0.2) is 42.5 Å². The Morgan fingerprint density at radius 3 is 2.95 bits per heavy atom. The summed E-state index contributed by atoms with van der Waals surface area (Å²) in [5, 5.41) is 4.44. The van der Waals surface area contributed by atoms with Crippen molar-refractivity contribution in [3.05, 3.63) is 30.1 Å². The van der Waals surface area contributed by atoms with Crippen molar-refractivity contribution in [2.45, 2.75) is 13.3 Å². The summed E-state index contributed by atoms with van der Waals surface area (Å²) in [6.45, 7) is 1.28. The van der Waals surface area contributed by atoms with Gasteiger partial charge in [-0.3, -0.25) is 4.79 Å². The molecule has 0 saturated heterocycles. The molecule has 0 saturated carbocycles. The van der Waals surface area contributed by atoms with Crippen molar-refractivity contribution in [2.75, 3.05) is 31.8 Å². The molecule has 0 aliphatic carbocycles. The fourth-order valence-electron chi connectivity index (χ4n) is 2.21. The van der Waals surface area contributed by atoms with Crippen molar-refractivity contribution in [1.29, 1.82) is 0 Å². The molecular formula is C14H18FN3O2. The molecule has 108 valence electrons. The highest BCUT2D eigenvalue weighted by Crippen LogP contribution is 2.27. The zero-order valence-corrected chi connectivity index (χ0v) is 11.7. The fourth-order valence-corrected chi connectivity index (χ4v) is 2.21. The molecule has 2 aromatic heterocycles. The molecular weight excluding hydrogens is 261 g/mol. The van der Waals surface area contributed by atoms with Gasteiger partial charge in [0.2, 0.25) is 0 Å². The van der Waals surface area contributed by atoms with Gasteiger partial charge in [-0.15, -0.1) is 0 Å². The summed E-state index contributed by atoms with van der Waals surface area (Å²) in [5.74, 6) is -0.265. The zero-order chi connectivity index (χ0) is 14.5. The van der Waals surface area contributed by atoms with Crippen LogP contribution in [-0.2, 0) is 16.0 Å². The zero-order valence-electron chi connectivity index (χ0n) is 11.7. The number of nitrogens with zero attached hydrogens (tertiary/aromatic N) is 3. The molecule has 2 aromatic rings. The second kappa shape index (κ2) is 6.47. The third-order valence-electron chi connectivity index (χ3n) is 3.07. The monoisotopic (exact) mass is 279 g/mol. The number of methoxy groups -OCH3 is 1. The number of anilines is 1. The Morgan fingerprint density at radius 1 is 1.50 bits per heavy atom. The molecule has 20 heavy (non-hydrogen) atoms. The maximum atomic E-state index is 12.8. The quantitative estimate of drug-likeness (QED) is 0.810. The van der Waals surface area contributed by atoms with Gasteiger partial charge in [0.05, 0.1) is 23.4 Å². The Bertz CT molecular complexity index is 597. The molecule has 1 amide bonds. The molecule has 2 rings (SSSR count). The van der Waals surface area contributed by atoms with Crippen LogP contribution < -0.4 is 4.90 Å². The first-order valence-electron chi connectivity index (χ1n) is 6.54. The van der Waals surface area contributed by atoms with Crippen LogP contribution in [0.1, 0.15) is 12.6 Å². The summed E-state index contributed by atoms with van der Waals surface area (Å²) < 4.78 is 19.4. The molecule has 0 radical (unpaired) electrons. The first-order chi connectivity index (χ1) is 9.72. The minimum atomic E-state index is -0.608. The molecule has 0 unspecified atom stereocenters. The van der Waals surface area contributed by atoms with Crippen LogP contribution in [0.15, 0.2) is 24.4 Å². The van der Waals surface area contributed by atoms with E-state index in [0.717, 1.165) is 11.2 Å². The van der Waals surface area contributed by atoms with Gasteiger partial charge in [0.15, 0.2) is 0 Å². The van der Waals surface area contributed by atoms with E-state index < -0.39 is 6.67 Å². The molecule has 0 fully saturated rings. The number of fused-ring (bicyclic) bond motifs is 1. The summed E-state index contributed by atoms with van der Waals surface area (Å²) in [6, 6.07) is 5.60. The van der Waals surface area contributed by atoms with Gasteiger partial charge in [0, 0.05) is 13.3 Å². The lowest BCUT2D eigenvalue weighted by molar-refractivity contribution is -0.122. The predicted octanol–water partition coefficient (Wildman–Crippen LogP) is 1.85. The van der Waals surface area contributed by atoms with Crippen LogP contribution >= 0.6 is 0 Å². The smallest absolute Gasteiger partial charge is 0.253 e. The van der Waals surface area contributed by atoms with E-state index in [1.807, 2.05) is 31.3 Å². The van der Waals surface area contributed by atoms with E-state index in [-0.39, 0.29) is 19.1 Å². The highest BCUT2D eigenvalue weighted by atomic mass is 19.1. The fraction of sp³-hybridized carbons (Fsp3) is 0.429. The molecule has 6 heteroatoms. The number of pyridine rings is 1. The number of alkyl halides is 1. The third-order valence-corrected chi connectivity index (χ3v) is 3.07. The Hall–Kier alpha value is -1.95. The highest BCUT2D eigenvalue weighted by molar-refractivity contribution is 5.99. The molecule has 0 atom stereocenters. The van der Waals surface area contributed by atoms with E-state index in [9.17, 15) is 9.18 Å². The standard InChI is InChI=1S/C14H18FN3O2/c1-3-11-14(12-6-4-5-8-18(12)16-11)17(9-7-15)13(19)10-20-2/h4-6,8H,3,7,9-10H2,1-2H3. The summed E-state index contributed by atoms with van der Waals surface area (Å²) in [4.78, 5) is 13.6. The van der Waals surface area contributed by atoms with Crippen LogP contribution in [0.4, 0.5) is 10.1 Å². The van der Waals surface area contributed by atoms with Crippen molar-refractivity contribution < 1.29 is 13.9 Å². The van der Waals surface area contributed by atoms with Crippen molar-refractivity contribution in [3.8, 4) is 0 Å². The summed E-state index contributed by atoms with van der Waals surface area (Å²) in [5.41, 5.74) is 2.24. The number of aryl methyl sites for hydroxylation is 1. The lowest BCUT2D eigenvalue weighted by Gasteiger charge is -2.21. The minimum absolute atomic E-state index is 0.00540. The highest BCUT2D eigenvalue weighted by Gasteiger charge is 2.23. The van der Waals surface area contributed by atoms with E-state index in [1.54, 1.807) is 4.52 Å². The number of ether oxygens (including phenoxy) is 1. The van der Waals surface area contributed by atoms with E-state index >= 15 is 0 Å². The molecule has 0 aromatic carbocycles. The molecule has 0 aliphatic rings. The average Bonchev–Trinajstić information content (AvgIpc) is 2.83. The van der Waals surface area contributed by atoms with Crippen molar-refractivity contribution in [1.82, 2.24) is 9.61 Å². The number of hydrogen-bond donors (Lipinski definition) is 0. The van der Waals surface area contributed by atoms with Gasteiger partial charge in [-0.2, -0.15) is 5.10 Å². The Labute approximate surface area is 116 Å². The number of aromatic nitrogens is 2. The first kappa shape index (κ1) is 14.5. The normalized spacial score (nSPS) is 10.9. The lowest BCUT2D eigenvalue weighted by Crippen LogP contribution is -2.36. The van der Waals surface area contributed by atoms with Gasteiger partial charge in [0.1, 0.15) is 13.3 Å². The predicted molar refractivity (Wildman–Crippen MR) is 74.8 cm³/mol. The van der Waals surface area contributed by atoms with Crippen LogP contribution in [0.5, 0.6) is 0 Å². The Morgan fingerprint density at radius 2 is 2.30 bits per heavy atom. The first-order valence-corrected chi connectivity index (χ1v) is 6.54. The van der Waals surface area contributed by atoms with Gasteiger partial charge in [-0.1, -0.05) is 13.0 Å². The summed E-state index contributed by atoms with van der Waals surface area (Å²) >= 11 is 0. The van der Waals surface area contributed by atoms with Gasteiger partial charge < -0.3 is 9.64 Å². The Balaban J connectivity index is 2.53. The summed E-state index contributed by atoms with van der Waals surface area (Å²) in [7, 11) is 1.45. The van der Waals surface area contributed by atoms with E-state index in [0.29, 0.717) is 12.1 Å². The van der Waals surface area contributed by atoms with Crippen molar-refractivity contribution in [2.24, 2.45) is 0 Å². The van der Waals surface area contributed by atoms with E-state index in [1.165, 1.54) is 12.0 Å². The number of amides is 1. The molecule has 0 spiro atoms. The van der Waals surface area contributed by atoms with Gasteiger partial charge >= 0.3 is 0 Å². The van der Waals surface area contributed by atoms with Gasteiger partial charge in [0.25, 0.3) is 5.91 Å². The van der Waals surface area contributed by atoms with Gasteiger partial charge in [-0.25, -0.2) is 8.91 Å². The van der Waals surface area contributed by atoms with Crippen molar-refractivity contribution >= 4 is 17.1 Å².